The first-order valence-electron chi connectivity index (χ1n) is 6.57. The van der Waals surface area contributed by atoms with Crippen molar-refractivity contribution in [1.82, 2.24) is 5.32 Å². The van der Waals surface area contributed by atoms with Crippen molar-refractivity contribution in [2.45, 2.75) is 6.92 Å². The topological polar surface area (TPSA) is 64.4 Å². The van der Waals surface area contributed by atoms with Gasteiger partial charge in [-0.25, -0.2) is 0 Å². The van der Waals surface area contributed by atoms with Gasteiger partial charge < -0.3 is 10.1 Å². The Balaban J connectivity index is 2.31. The van der Waals surface area contributed by atoms with Gasteiger partial charge in [0.1, 0.15) is 5.75 Å². The van der Waals surface area contributed by atoms with Crippen LogP contribution in [0.25, 0.3) is 10.8 Å². The lowest BCUT2D eigenvalue weighted by Crippen LogP contribution is -2.21. The molecule has 0 bridgehead atoms. The summed E-state index contributed by atoms with van der Waals surface area (Å²) >= 11 is 0. The molecule has 2 aromatic rings. The van der Waals surface area contributed by atoms with Gasteiger partial charge in [-0.15, -0.1) is 0 Å². The highest BCUT2D eigenvalue weighted by Crippen LogP contribution is 2.32. The Labute approximate surface area is 117 Å². The van der Waals surface area contributed by atoms with Gasteiger partial charge in [0, 0.05) is 23.9 Å². The van der Waals surface area contributed by atoms with Gasteiger partial charge in [0.05, 0.1) is 16.9 Å². The molecule has 0 aromatic heterocycles. The maximum Gasteiger partial charge on any atom is 0.277 e. The predicted molar refractivity (Wildman–Crippen MR) is 79.2 cm³/mol. The molecule has 0 radical (unpaired) electrons. The zero-order valence-corrected chi connectivity index (χ0v) is 11.6. The molecule has 5 nitrogen and oxygen atoms in total. The summed E-state index contributed by atoms with van der Waals surface area (Å²) in [6.07, 6.45) is 0. The van der Waals surface area contributed by atoms with Crippen molar-refractivity contribution in [3.8, 4) is 5.75 Å². The summed E-state index contributed by atoms with van der Waals surface area (Å²) in [5.41, 5.74) is 0.108. The molecule has 0 aliphatic carbocycles. The molecule has 0 heterocycles. The predicted octanol–water partition coefficient (Wildman–Crippen LogP) is 2.98. The maximum atomic E-state index is 11.0. The molecule has 2 rings (SSSR count). The quantitative estimate of drug-likeness (QED) is 0.649. The van der Waals surface area contributed by atoms with E-state index in [0.29, 0.717) is 23.7 Å². The standard InChI is InChI=1S/C15H18N2O3/c1-11(9-16-2)10-20-15-8-7-14(17(18)19)12-5-3-4-6-13(12)15/h3-8,11,16H,9-10H2,1-2H3. The van der Waals surface area contributed by atoms with E-state index >= 15 is 0 Å². The highest BCUT2D eigenvalue weighted by molar-refractivity contribution is 5.95. The minimum atomic E-state index is -0.365. The summed E-state index contributed by atoms with van der Waals surface area (Å²) < 4.78 is 5.81. The highest BCUT2D eigenvalue weighted by Gasteiger charge is 2.14. The lowest BCUT2D eigenvalue weighted by Gasteiger charge is -2.14. The van der Waals surface area contributed by atoms with E-state index in [0.717, 1.165) is 11.9 Å². The molecule has 0 saturated heterocycles. The maximum absolute atomic E-state index is 11.0. The van der Waals surface area contributed by atoms with Gasteiger partial charge in [-0.05, 0) is 19.2 Å². The SMILES string of the molecule is CNCC(C)COc1ccc([N+](=O)[O-])c2ccccc12. The first-order valence-corrected chi connectivity index (χ1v) is 6.57. The Morgan fingerprint density at radius 1 is 1.25 bits per heavy atom. The molecule has 0 amide bonds. The fourth-order valence-electron chi connectivity index (χ4n) is 2.18. The first kappa shape index (κ1) is 14.3. The van der Waals surface area contributed by atoms with Crippen LogP contribution in [0.4, 0.5) is 5.69 Å². The van der Waals surface area contributed by atoms with Gasteiger partial charge in [0.25, 0.3) is 5.69 Å². The van der Waals surface area contributed by atoms with Crippen LogP contribution in [-0.4, -0.2) is 25.1 Å². The number of nitrogens with one attached hydrogen (secondary N) is 1. The van der Waals surface area contributed by atoms with Crippen molar-refractivity contribution < 1.29 is 9.66 Å². The van der Waals surface area contributed by atoms with Crippen molar-refractivity contribution in [3.05, 3.63) is 46.5 Å². The summed E-state index contributed by atoms with van der Waals surface area (Å²) in [7, 11) is 1.90. The second kappa shape index (κ2) is 6.34. The third-order valence-electron chi connectivity index (χ3n) is 3.13. The van der Waals surface area contributed by atoms with Crippen LogP contribution in [0.2, 0.25) is 0 Å². The van der Waals surface area contributed by atoms with E-state index in [1.54, 1.807) is 18.2 Å². The number of non-ortho nitro benzene ring substituents is 1. The number of nitrogens with zero attached hydrogens (tertiary/aromatic N) is 1. The van der Waals surface area contributed by atoms with Gasteiger partial charge in [-0.2, -0.15) is 0 Å². The minimum Gasteiger partial charge on any atom is -0.493 e. The smallest absolute Gasteiger partial charge is 0.277 e. The van der Waals surface area contributed by atoms with Crippen molar-refractivity contribution in [3.63, 3.8) is 0 Å². The average molecular weight is 274 g/mol. The second-order valence-corrected chi connectivity index (χ2v) is 4.86. The van der Waals surface area contributed by atoms with Crippen LogP contribution in [0, 0.1) is 16.0 Å². The number of rotatable bonds is 6. The fraction of sp³-hybridized carbons (Fsp3) is 0.333. The summed E-state index contributed by atoms with van der Waals surface area (Å²) in [6, 6.07) is 10.4. The molecule has 1 unspecified atom stereocenters. The third kappa shape index (κ3) is 3.05. The monoisotopic (exact) mass is 274 g/mol. The van der Waals surface area contributed by atoms with Gasteiger partial charge in [0.2, 0.25) is 0 Å². The van der Waals surface area contributed by atoms with E-state index in [9.17, 15) is 10.1 Å². The van der Waals surface area contributed by atoms with Gasteiger partial charge in [0.15, 0.2) is 0 Å². The highest BCUT2D eigenvalue weighted by atomic mass is 16.6. The van der Waals surface area contributed by atoms with E-state index in [4.69, 9.17) is 4.74 Å². The van der Waals surface area contributed by atoms with Crippen molar-refractivity contribution in [2.24, 2.45) is 5.92 Å². The van der Waals surface area contributed by atoms with Gasteiger partial charge >= 0.3 is 0 Å². The number of nitro groups is 1. The summed E-state index contributed by atoms with van der Waals surface area (Å²) in [4.78, 5) is 10.7. The number of benzene rings is 2. The molecule has 20 heavy (non-hydrogen) atoms. The minimum absolute atomic E-state index is 0.108. The molecule has 0 saturated carbocycles. The molecule has 0 spiro atoms. The van der Waals surface area contributed by atoms with E-state index < -0.39 is 0 Å². The fourth-order valence-corrected chi connectivity index (χ4v) is 2.18. The molecule has 5 heteroatoms. The van der Waals surface area contributed by atoms with Crippen LogP contribution in [0.1, 0.15) is 6.92 Å². The van der Waals surface area contributed by atoms with Gasteiger partial charge in [-0.3, -0.25) is 10.1 Å². The molecule has 2 aromatic carbocycles. The number of hydrogen-bond acceptors (Lipinski definition) is 4. The normalized spacial score (nSPS) is 12.3. The van der Waals surface area contributed by atoms with Crippen LogP contribution >= 0.6 is 0 Å². The molecule has 0 fully saturated rings. The van der Waals surface area contributed by atoms with Gasteiger partial charge in [-0.1, -0.05) is 25.1 Å². The molecule has 0 aliphatic heterocycles. The summed E-state index contributed by atoms with van der Waals surface area (Å²) in [6.45, 7) is 3.53. The Morgan fingerprint density at radius 2 is 1.95 bits per heavy atom. The van der Waals surface area contributed by atoms with E-state index in [-0.39, 0.29) is 10.6 Å². The van der Waals surface area contributed by atoms with Crippen LogP contribution in [-0.2, 0) is 0 Å². The molecular weight excluding hydrogens is 256 g/mol. The third-order valence-corrected chi connectivity index (χ3v) is 3.13. The van der Waals surface area contributed by atoms with Crippen LogP contribution in [0.15, 0.2) is 36.4 Å². The molecule has 106 valence electrons. The van der Waals surface area contributed by atoms with Crippen LogP contribution in [0.5, 0.6) is 5.75 Å². The Bertz CT molecular complexity index is 613. The Morgan fingerprint density at radius 3 is 2.60 bits per heavy atom. The number of fused-ring (bicyclic) bond motifs is 1. The first-order chi connectivity index (χ1) is 9.63. The van der Waals surface area contributed by atoms with Crippen molar-refractivity contribution in [2.75, 3.05) is 20.2 Å². The number of hydrogen-bond donors (Lipinski definition) is 1. The largest absolute Gasteiger partial charge is 0.493 e. The lowest BCUT2D eigenvalue weighted by atomic mass is 10.1. The molecule has 0 aliphatic rings. The number of ether oxygens (including phenoxy) is 1. The molecular formula is C15H18N2O3. The summed E-state index contributed by atoms with van der Waals surface area (Å²) in [5, 5.41) is 15.5. The Hall–Kier alpha value is -2.14. The van der Waals surface area contributed by atoms with E-state index in [1.807, 2.05) is 19.2 Å². The second-order valence-electron chi connectivity index (χ2n) is 4.86. The van der Waals surface area contributed by atoms with Crippen molar-refractivity contribution in [1.29, 1.82) is 0 Å². The number of nitro benzene ring substituents is 1. The van der Waals surface area contributed by atoms with Crippen LogP contribution < -0.4 is 10.1 Å². The molecule has 1 N–H and O–H groups in total. The van der Waals surface area contributed by atoms with E-state index in [1.165, 1.54) is 6.07 Å². The van der Waals surface area contributed by atoms with Crippen LogP contribution in [0.3, 0.4) is 0 Å². The zero-order chi connectivity index (χ0) is 14.5. The molecule has 1 atom stereocenters. The van der Waals surface area contributed by atoms with E-state index in [2.05, 4.69) is 12.2 Å². The lowest BCUT2D eigenvalue weighted by molar-refractivity contribution is -0.383. The van der Waals surface area contributed by atoms with Crippen molar-refractivity contribution >= 4 is 16.5 Å². The zero-order valence-electron chi connectivity index (χ0n) is 11.6. The average Bonchev–Trinajstić information content (AvgIpc) is 2.44. The Kier molecular flexibility index (Phi) is 4.53. The summed E-state index contributed by atoms with van der Waals surface area (Å²) in [5.74, 6) is 1.06.